The van der Waals surface area contributed by atoms with E-state index in [0.29, 0.717) is 6.61 Å². The van der Waals surface area contributed by atoms with Crippen LogP contribution in [0.1, 0.15) is 37.7 Å². The van der Waals surface area contributed by atoms with E-state index in [-0.39, 0.29) is 11.7 Å². The van der Waals surface area contributed by atoms with Crippen LogP contribution in [0, 0.1) is 5.92 Å². The summed E-state index contributed by atoms with van der Waals surface area (Å²) >= 11 is 0. The molecule has 2 heterocycles. The van der Waals surface area contributed by atoms with Gasteiger partial charge < -0.3 is 19.5 Å². The number of piperidine rings is 1. The van der Waals surface area contributed by atoms with Gasteiger partial charge in [-0.3, -0.25) is 0 Å². The molecule has 162 valence electrons. The van der Waals surface area contributed by atoms with Gasteiger partial charge in [0.25, 0.3) is 0 Å². The molecule has 1 spiro atoms. The molecule has 2 saturated heterocycles. The third-order valence-electron chi connectivity index (χ3n) is 5.73. The lowest BCUT2D eigenvalue weighted by molar-refractivity contribution is -0.192. The van der Waals surface area contributed by atoms with Crippen molar-refractivity contribution in [3.05, 3.63) is 35.9 Å². The Morgan fingerprint density at radius 2 is 1.83 bits per heavy atom. The van der Waals surface area contributed by atoms with Crippen molar-refractivity contribution in [3.8, 4) is 0 Å². The van der Waals surface area contributed by atoms with Crippen LogP contribution >= 0.6 is 0 Å². The van der Waals surface area contributed by atoms with Gasteiger partial charge in [0.1, 0.15) is 0 Å². The number of hydrogen-bond donors (Lipinski definition) is 1. The summed E-state index contributed by atoms with van der Waals surface area (Å²) in [7, 11) is 0. The highest BCUT2D eigenvalue weighted by molar-refractivity contribution is 5.73. The molecule has 1 saturated carbocycles. The van der Waals surface area contributed by atoms with Gasteiger partial charge in [-0.2, -0.15) is 13.2 Å². The SMILES string of the molecule is O=C(O)C(F)(F)F.c1ccc(COC2COC3(CCN(CC4CC4)CC3)C2)cc1. The lowest BCUT2D eigenvalue weighted by atomic mass is 9.88. The second-order valence-corrected chi connectivity index (χ2v) is 8.16. The second kappa shape index (κ2) is 9.45. The van der Waals surface area contributed by atoms with E-state index >= 15 is 0 Å². The maximum Gasteiger partial charge on any atom is 0.490 e. The molecule has 5 nitrogen and oxygen atoms in total. The third kappa shape index (κ3) is 6.97. The predicted molar refractivity (Wildman–Crippen MR) is 100 cm³/mol. The summed E-state index contributed by atoms with van der Waals surface area (Å²) in [5.41, 5.74) is 1.37. The molecule has 29 heavy (non-hydrogen) atoms. The highest BCUT2D eigenvalue weighted by atomic mass is 19.4. The predicted octanol–water partition coefficient (Wildman–Crippen LogP) is 3.87. The van der Waals surface area contributed by atoms with Crippen LogP contribution in [0.2, 0.25) is 0 Å². The molecule has 1 aromatic carbocycles. The molecule has 3 fully saturated rings. The molecule has 1 aromatic rings. The minimum atomic E-state index is -5.08. The Morgan fingerprint density at radius 1 is 1.21 bits per heavy atom. The number of rotatable bonds is 5. The number of likely N-dealkylation sites (tertiary alicyclic amines) is 1. The van der Waals surface area contributed by atoms with Crippen LogP contribution in [0.5, 0.6) is 0 Å². The van der Waals surface area contributed by atoms with Crippen LogP contribution in [0.15, 0.2) is 30.3 Å². The van der Waals surface area contributed by atoms with Crippen molar-refractivity contribution in [3.63, 3.8) is 0 Å². The number of halogens is 3. The Hall–Kier alpha value is -1.64. The standard InChI is InChI=1S/C19H27NO2.C2HF3O2/c1-2-4-17(5-3-1)14-21-18-12-19(22-15-18)8-10-20(11-9-19)13-16-6-7-16;3-2(4,5)1(6)7/h1-5,16,18H,6-15H2;(H,6,7). The zero-order valence-corrected chi connectivity index (χ0v) is 16.4. The number of nitrogens with zero attached hydrogens (tertiary/aromatic N) is 1. The number of ether oxygens (including phenoxy) is 2. The van der Waals surface area contributed by atoms with E-state index in [1.807, 2.05) is 6.07 Å². The van der Waals surface area contributed by atoms with Gasteiger partial charge in [0.05, 0.1) is 24.9 Å². The molecule has 3 aliphatic rings. The van der Waals surface area contributed by atoms with E-state index in [9.17, 15) is 13.2 Å². The Morgan fingerprint density at radius 3 is 2.38 bits per heavy atom. The van der Waals surface area contributed by atoms with Gasteiger partial charge in [0, 0.05) is 26.1 Å². The summed E-state index contributed by atoms with van der Waals surface area (Å²) in [5.74, 6) is -1.76. The van der Waals surface area contributed by atoms with Crippen molar-refractivity contribution in [2.45, 2.75) is 56.6 Å². The van der Waals surface area contributed by atoms with Gasteiger partial charge >= 0.3 is 12.1 Å². The van der Waals surface area contributed by atoms with Crippen LogP contribution in [0.25, 0.3) is 0 Å². The molecule has 0 bridgehead atoms. The smallest absolute Gasteiger partial charge is 0.475 e. The lowest BCUT2D eigenvalue weighted by Crippen LogP contribution is -2.44. The van der Waals surface area contributed by atoms with Crippen molar-refractivity contribution in [1.29, 1.82) is 0 Å². The van der Waals surface area contributed by atoms with Crippen LogP contribution in [0.4, 0.5) is 13.2 Å². The summed E-state index contributed by atoms with van der Waals surface area (Å²) in [6.07, 6.45) is 1.55. The van der Waals surface area contributed by atoms with Crippen molar-refractivity contribution >= 4 is 5.97 Å². The minimum absolute atomic E-state index is 0.113. The first-order valence-corrected chi connectivity index (χ1v) is 10.1. The van der Waals surface area contributed by atoms with Gasteiger partial charge in [-0.1, -0.05) is 30.3 Å². The first kappa shape index (κ1) is 22.1. The van der Waals surface area contributed by atoms with E-state index in [2.05, 4.69) is 29.2 Å². The normalized spacial score (nSPS) is 24.2. The lowest BCUT2D eigenvalue weighted by Gasteiger charge is -2.38. The molecule has 1 N–H and O–H groups in total. The highest BCUT2D eigenvalue weighted by Gasteiger charge is 2.43. The Bertz CT molecular complexity index is 656. The molecule has 2 aliphatic heterocycles. The van der Waals surface area contributed by atoms with Gasteiger partial charge in [-0.25, -0.2) is 4.79 Å². The fourth-order valence-corrected chi connectivity index (χ4v) is 3.86. The largest absolute Gasteiger partial charge is 0.490 e. The van der Waals surface area contributed by atoms with Crippen LogP contribution in [0.3, 0.4) is 0 Å². The van der Waals surface area contributed by atoms with Crippen LogP contribution < -0.4 is 0 Å². The fourth-order valence-electron chi connectivity index (χ4n) is 3.86. The maximum atomic E-state index is 10.6. The van der Waals surface area contributed by atoms with Gasteiger partial charge in [0.2, 0.25) is 0 Å². The van der Waals surface area contributed by atoms with Gasteiger partial charge in [-0.15, -0.1) is 0 Å². The van der Waals surface area contributed by atoms with Crippen molar-refractivity contribution in [2.75, 3.05) is 26.2 Å². The number of carbonyl (C=O) groups is 1. The monoisotopic (exact) mass is 415 g/mol. The maximum absolute atomic E-state index is 10.6. The van der Waals surface area contributed by atoms with Gasteiger partial charge in [-0.05, 0) is 37.2 Å². The highest BCUT2D eigenvalue weighted by Crippen LogP contribution is 2.38. The van der Waals surface area contributed by atoms with Crippen molar-refractivity contribution in [1.82, 2.24) is 4.90 Å². The summed E-state index contributed by atoms with van der Waals surface area (Å²) in [5, 5.41) is 7.12. The quantitative estimate of drug-likeness (QED) is 0.791. The van der Waals surface area contributed by atoms with E-state index in [1.165, 1.54) is 50.9 Å². The summed E-state index contributed by atoms with van der Waals surface area (Å²) < 4.78 is 44.0. The van der Waals surface area contributed by atoms with Crippen LogP contribution in [-0.4, -0.2) is 60.1 Å². The molecular formula is C21H28F3NO4. The average molecular weight is 415 g/mol. The molecule has 0 amide bonds. The molecule has 1 atom stereocenters. The fraction of sp³-hybridized carbons (Fsp3) is 0.667. The topological polar surface area (TPSA) is 59.0 Å². The number of hydrogen-bond acceptors (Lipinski definition) is 4. The van der Waals surface area contributed by atoms with E-state index in [0.717, 1.165) is 18.9 Å². The van der Waals surface area contributed by atoms with Gasteiger partial charge in [0.15, 0.2) is 0 Å². The number of carboxylic acid groups (broad SMARTS) is 1. The van der Waals surface area contributed by atoms with E-state index < -0.39 is 12.1 Å². The molecule has 1 unspecified atom stereocenters. The number of alkyl halides is 3. The summed E-state index contributed by atoms with van der Waals surface area (Å²) in [6.45, 7) is 5.22. The van der Waals surface area contributed by atoms with E-state index in [4.69, 9.17) is 19.4 Å². The van der Waals surface area contributed by atoms with E-state index in [1.54, 1.807) is 0 Å². The molecule has 4 rings (SSSR count). The molecule has 0 aromatic heterocycles. The molecule has 0 radical (unpaired) electrons. The second-order valence-electron chi connectivity index (χ2n) is 8.16. The number of carboxylic acids is 1. The number of aliphatic carboxylic acids is 1. The Labute approximate surface area is 168 Å². The van der Waals surface area contributed by atoms with Crippen molar-refractivity contribution in [2.24, 2.45) is 5.92 Å². The molecule has 8 heteroatoms. The first-order valence-electron chi connectivity index (χ1n) is 10.1. The Balaban J connectivity index is 0.000000298. The minimum Gasteiger partial charge on any atom is -0.475 e. The zero-order chi connectivity index (χ0) is 20.9. The first-order chi connectivity index (χ1) is 13.8. The molecule has 1 aliphatic carbocycles. The number of benzene rings is 1. The zero-order valence-electron chi connectivity index (χ0n) is 16.4. The van der Waals surface area contributed by atoms with Crippen LogP contribution in [-0.2, 0) is 20.9 Å². The summed E-state index contributed by atoms with van der Waals surface area (Å²) in [4.78, 5) is 11.5. The molecular weight excluding hydrogens is 387 g/mol. The third-order valence-corrected chi connectivity index (χ3v) is 5.73. The Kier molecular flexibility index (Phi) is 7.19. The van der Waals surface area contributed by atoms with Crippen molar-refractivity contribution < 1.29 is 32.5 Å². The average Bonchev–Trinajstić information content (AvgIpc) is 3.42. The summed E-state index contributed by atoms with van der Waals surface area (Å²) in [6, 6.07) is 10.4.